The lowest BCUT2D eigenvalue weighted by Gasteiger charge is -1.95. The van der Waals surface area contributed by atoms with Crippen LogP contribution in [0.5, 0.6) is 5.75 Å². The van der Waals surface area contributed by atoms with Gasteiger partial charge in [-0.25, -0.2) is 0 Å². The molecule has 0 saturated heterocycles. The summed E-state index contributed by atoms with van der Waals surface area (Å²) < 4.78 is 0. The minimum absolute atomic E-state index is 0.214. The highest BCUT2D eigenvalue weighted by atomic mass is 35.5. The molecular formula is C11H17ClO. The molecule has 0 heterocycles. The summed E-state index contributed by atoms with van der Waals surface area (Å²) in [7, 11) is 0. The number of hydrogen-bond donors (Lipinski definition) is 1. The fourth-order valence-electron chi connectivity index (χ4n) is 0.582. The normalized spacial score (nSPS) is 8.92. The minimum atomic E-state index is 0.214. The van der Waals surface area contributed by atoms with Crippen molar-refractivity contribution in [2.45, 2.75) is 33.6 Å². The van der Waals surface area contributed by atoms with Gasteiger partial charge >= 0.3 is 0 Å². The molecule has 0 spiro atoms. The SMILES string of the molecule is CCCC.Cc1ccc(O)cc1Cl. The Kier molecular flexibility index (Phi) is 6.43. The van der Waals surface area contributed by atoms with Crippen molar-refractivity contribution in [3.8, 4) is 5.75 Å². The first-order valence-corrected chi connectivity index (χ1v) is 4.94. The van der Waals surface area contributed by atoms with E-state index in [1.54, 1.807) is 12.1 Å². The average molecular weight is 201 g/mol. The third-order valence-electron chi connectivity index (χ3n) is 1.66. The molecule has 74 valence electrons. The van der Waals surface area contributed by atoms with Gasteiger partial charge in [-0.3, -0.25) is 0 Å². The van der Waals surface area contributed by atoms with Crippen LogP contribution in [-0.2, 0) is 0 Å². The Morgan fingerprint density at radius 3 is 2.08 bits per heavy atom. The Balaban J connectivity index is 0.000000310. The smallest absolute Gasteiger partial charge is 0.117 e. The van der Waals surface area contributed by atoms with Gasteiger partial charge in [0.1, 0.15) is 5.75 Å². The van der Waals surface area contributed by atoms with Crippen LogP contribution in [0.1, 0.15) is 32.3 Å². The van der Waals surface area contributed by atoms with E-state index in [0.29, 0.717) is 5.02 Å². The van der Waals surface area contributed by atoms with E-state index in [9.17, 15) is 0 Å². The van der Waals surface area contributed by atoms with E-state index in [4.69, 9.17) is 16.7 Å². The molecule has 0 fully saturated rings. The van der Waals surface area contributed by atoms with Gasteiger partial charge in [-0.05, 0) is 24.6 Å². The van der Waals surface area contributed by atoms with Gasteiger partial charge in [0.15, 0.2) is 0 Å². The molecule has 1 rings (SSSR count). The van der Waals surface area contributed by atoms with Gasteiger partial charge in [0.05, 0.1) is 0 Å². The molecule has 0 amide bonds. The van der Waals surface area contributed by atoms with Crippen LogP contribution in [0, 0.1) is 6.92 Å². The largest absolute Gasteiger partial charge is 0.508 e. The zero-order chi connectivity index (χ0) is 10.3. The monoisotopic (exact) mass is 200 g/mol. The number of unbranched alkanes of at least 4 members (excludes halogenated alkanes) is 1. The summed E-state index contributed by atoms with van der Waals surface area (Å²) in [5, 5.41) is 9.46. The van der Waals surface area contributed by atoms with E-state index < -0.39 is 0 Å². The third kappa shape index (κ3) is 5.53. The van der Waals surface area contributed by atoms with Crippen LogP contribution in [0.2, 0.25) is 5.02 Å². The lowest BCUT2D eigenvalue weighted by atomic mass is 10.2. The van der Waals surface area contributed by atoms with Crippen LogP contribution in [0.25, 0.3) is 0 Å². The second kappa shape index (κ2) is 6.79. The summed E-state index contributed by atoms with van der Waals surface area (Å²) in [6.07, 6.45) is 2.64. The lowest BCUT2D eigenvalue weighted by molar-refractivity contribution is 0.475. The van der Waals surface area contributed by atoms with Crippen LogP contribution in [0.15, 0.2) is 18.2 Å². The van der Waals surface area contributed by atoms with Crippen molar-refractivity contribution in [1.82, 2.24) is 0 Å². The second-order valence-corrected chi connectivity index (χ2v) is 3.34. The highest BCUT2D eigenvalue weighted by Gasteiger charge is 1.93. The molecule has 0 bridgehead atoms. The van der Waals surface area contributed by atoms with Gasteiger partial charge in [0.25, 0.3) is 0 Å². The zero-order valence-corrected chi connectivity index (χ0v) is 9.23. The molecule has 0 radical (unpaired) electrons. The van der Waals surface area contributed by atoms with Gasteiger partial charge in [-0.1, -0.05) is 44.4 Å². The standard InChI is InChI=1S/C7H7ClO.C4H10/c1-5-2-3-6(9)4-7(5)8;1-3-4-2/h2-4,9H,1H3;3-4H2,1-2H3. The van der Waals surface area contributed by atoms with Crippen molar-refractivity contribution >= 4 is 11.6 Å². The van der Waals surface area contributed by atoms with Gasteiger partial charge < -0.3 is 5.11 Å². The van der Waals surface area contributed by atoms with Gasteiger partial charge in [-0.15, -0.1) is 0 Å². The lowest BCUT2D eigenvalue weighted by Crippen LogP contribution is -1.71. The molecule has 0 saturated carbocycles. The van der Waals surface area contributed by atoms with Crippen molar-refractivity contribution in [3.05, 3.63) is 28.8 Å². The number of rotatable bonds is 1. The summed E-state index contributed by atoms with van der Waals surface area (Å²) in [5.74, 6) is 0.214. The molecular weight excluding hydrogens is 184 g/mol. The van der Waals surface area contributed by atoms with Crippen molar-refractivity contribution in [2.75, 3.05) is 0 Å². The molecule has 0 aliphatic rings. The maximum absolute atomic E-state index is 8.85. The van der Waals surface area contributed by atoms with Crippen molar-refractivity contribution < 1.29 is 5.11 Å². The number of phenols is 1. The minimum Gasteiger partial charge on any atom is -0.508 e. The Morgan fingerprint density at radius 2 is 1.77 bits per heavy atom. The number of phenolic OH excluding ortho intramolecular Hbond substituents is 1. The average Bonchev–Trinajstić information content (AvgIpc) is 2.12. The van der Waals surface area contributed by atoms with E-state index in [1.807, 2.05) is 6.92 Å². The van der Waals surface area contributed by atoms with Crippen molar-refractivity contribution in [1.29, 1.82) is 0 Å². The fraction of sp³-hybridized carbons (Fsp3) is 0.455. The number of benzene rings is 1. The Labute approximate surface area is 85.4 Å². The van der Waals surface area contributed by atoms with E-state index >= 15 is 0 Å². The maximum atomic E-state index is 8.85. The van der Waals surface area contributed by atoms with Gasteiger partial charge in [0, 0.05) is 5.02 Å². The molecule has 2 heteroatoms. The van der Waals surface area contributed by atoms with E-state index in [1.165, 1.54) is 18.9 Å². The van der Waals surface area contributed by atoms with E-state index in [2.05, 4.69) is 13.8 Å². The summed E-state index contributed by atoms with van der Waals surface area (Å²) in [6.45, 7) is 6.25. The maximum Gasteiger partial charge on any atom is 0.117 e. The molecule has 1 N–H and O–H groups in total. The first-order chi connectivity index (χ1) is 6.11. The van der Waals surface area contributed by atoms with Crippen LogP contribution in [0.3, 0.4) is 0 Å². The molecule has 0 aliphatic heterocycles. The molecule has 0 aliphatic carbocycles. The molecule has 0 unspecified atom stereocenters. The number of halogens is 1. The van der Waals surface area contributed by atoms with Crippen molar-refractivity contribution in [2.24, 2.45) is 0 Å². The number of aromatic hydroxyl groups is 1. The highest BCUT2D eigenvalue weighted by molar-refractivity contribution is 6.31. The summed E-state index contributed by atoms with van der Waals surface area (Å²) in [6, 6.07) is 4.91. The number of aryl methyl sites for hydroxylation is 1. The predicted molar refractivity (Wildman–Crippen MR) is 58.4 cm³/mol. The Bertz CT molecular complexity index is 244. The predicted octanol–water partition coefficient (Wildman–Crippen LogP) is 4.16. The summed E-state index contributed by atoms with van der Waals surface area (Å²) in [4.78, 5) is 0. The fourth-order valence-corrected chi connectivity index (χ4v) is 0.757. The topological polar surface area (TPSA) is 20.2 Å². The summed E-state index contributed by atoms with van der Waals surface area (Å²) >= 11 is 5.65. The van der Waals surface area contributed by atoms with Crippen LogP contribution < -0.4 is 0 Å². The van der Waals surface area contributed by atoms with Crippen LogP contribution in [0.4, 0.5) is 0 Å². The van der Waals surface area contributed by atoms with Crippen LogP contribution in [-0.4, -0.2) is 5.11 Å². The Morgan fingerprint density at radius 1 is 1.23 bits per heavy atom. The highest BCUT2D eigenvalue weighted by Crippen LogP contribution is 2.19. The molecule has 1 aromatic carbocycles. The third-order valence-corrected chi connectivity index (χ3v) is 2.06. The van der Waals surface area contributed by atoms with E-state index in [-0.39, 0.29) is 5.75 Å². The molecule has 13 heavy (non-hydrogen) atoms. The quantitative estimate of drug-likeness (QED) is 0.722. The van der Waals surface area contributed by atoms with Crippen LogP contribution >= 0.6 is 11.6 Å². The first kappa shape index (κ1) is 12.3. The Hall–Kier alpha value is -0.690. The molecule has 0 aromatic heterocycles. The van der Waals surface area contributed by atoms with E-state index in [0.717, 1.165) is 5.56 Å². The van der Waals surface area contributed by atoms with Gasteiger partial charge in [-0.2, -0.15) is 0 Å². The van der Waals surface area contributed by atoms with Gasteiger partial charge in [0.2, 0.25) is 0 Å². The number of hydrogen-bond acceptors (Lipinski definition) is 1. The summed E-state index contributed by atoms with van der Waals surface area (Å²) in [5.41, 5.74) is 0.981. The molecule has 1 nitrogen and oxygen atoms in total. The zero-order valence-electron chi connectivity index (χ0n) is 8.47. The molecule has 0 atom stereocenters. The molecule has 1 aromatic rings. The van der Waals surface area contributed by atoms with Crippen molar-refractivity contribution in [3.63, 3.8) is 0 Å². The second-order valence-electron chi connectivity index (χ2n) is 2.93. The first-order valence-electron chi connectivity index (χ1n) is 4.56.